The van der Waals surface area contributed by atoms with E-state index in [2.05, 4.69) is 0 Å². The highest BCUT2D eigenvalue weighted by Crippen LogP contribution is 2.25. The normalized spacial score (nSPS) is 17.4. The molecule has 1 fully saturated rings. The zero-order valence-corrected chi connectivity index (χ0v) is 19.1. The van der Waals surface area contributed by atoms with Crippen LogP contribution >= 0.6 is 0 Å². The van der Waals surface area contributed by atoms with Crippen LogP contribution in [0.4, 0.5) is 0 Å². The largest absolute Gasteiger partial charge is 0.497 e. The van der Waals surface area contributed by atoms with Crippen LogP contribution < -0.4 is 10.2 Å². The van der Waals surface area contributed by atoms with Gasteiger partial charge in [0.2, 0.25) is 0 Å². The summed E-state index contributed by atoms with van der Waals surface area (Å²) in [4.78, 5) is 27.8. The summed E-state index contributed by atoms with van der Waals surface area (Å²) in [6, 6.07) is 11.6. The molecule has 1 saturated heterocycles. The Balaban J connectivity index is 1.74. The number of ether oxygens (including phenoxy) is 1. The standard InChI is InChI=1S/C24H25NO6S/c1-15-10-16(2)23-20(26)12-22(31-21(23)11-15)24(27)25(18-8-9-32(28,29)14-18)13-17-4-6-19(30-3)7-5-17/h4-7,10-12,18H,8-9,13-14H2,1-3H3/t18-/m1/s1. The van der Waals surface area contributed by atoms with Crippen molar-refractivity contribution >= 4 is 26.7 Å². The highest BCUT2D eigenvalue weighted by Gasteiger charge is 2.36. The second kappa shape index (κ2) is 8.43. The number of rotatable bonds is 5. The van der Waals surface area contributed by atoms with E-state index in [1.54, 1.807) is 25.3 Å². The van der Waals surface area contributed by atoms with E-state index >= 15 is 0 Å². The molecule has 1 amide bonds. The topological polar surface area (TPSA) is 93.9 Å². The molecule has 3 aromatic rings. The van der Waals surface area contributed by atoms with Crippen molar-refractivity contribution in [1.29, 1.82) is 0 Å². The lowest BCUT2D eigenvalue weighted by Gasteiger charge is -2.28. The van der Waals surface area contributed by atoms with Crippen LogP contribution in [0.1, 0.15) is 33.7 Å². The quantitative estimate of drug-likeness (QED) is 0.586. The summed E-state index contributed by atoms with van der Waals surface area (Å²) in [7, 11) is -1.65. The summed E-state index contributed by atoms with van der Waals surface area (Å²) in [5, 5.41) is 0.442. The predicted molar refractivity (Wildman–Crippen MR) is 122 cm³/mol. The first-order valence-electron chi connectivity index (χ1n) is 10.4. The van der Waals surface area contributed by atoms with Crippen molar-refractivity contribution in [2.75, 3.05) is 18.6 Å². The molecular formula is C24H25NO6S. The summed E-state index contributed by atoms with van der Waals surface area (Å²) in [5.74, 6) is 0.0161. The predicted octanol–water partition coefficient (Wildman–Crippen LogP) is 3.25. The van der Waals surface area contributed by atoms with E-state index in [1.807, 2.05) is 32.0 Å². The second-order valence-corrected chi connectivity index (χ2v) is 10.5. The van der Waals surface area contributed by atoms with Crippen molar-refractivity contribution in [1.82, 2.24) is 4.90 Å². The first kappa shape index (κ1) is 22.1. The number of hydrogen-bond acceptors (Lipinski definition) is 6. The van der Waals surface area contributed by atoms with Crippen LogP contribution in [0.25, 0.3) is 11.0 Å². The van der Waals surface area contributed by atoms with Gasteiger partial charge in [-0.25, -0.2) is 8.42 Å². The van der Waals surface area contributed by atoms with Crippen molar-refractivity contribution in [3.05, 3.63) is 75.1 Å². The molecule has 2 heterocycles. The number of amides is 1. The number of nitrogens with zero attached hydrogens (tertiary/aromatic N) is 1. The van der Waals surface area contributed by atoms with Gasteiger partial charge in [-0.15, -0.1) is 0 Å². The van der Waals surface area contributed by atoms with Crippen molar-refractivity contribution in [2.24, 2.45) is 0 Å². The smallest absolute Gasteiger partial charge is 0.290 e. The molecule has 1 atom stereocenters. The Kier molecular flexibility index (Phi) is 5.81. The van der Waals surface area contributed by atoms with Gasteiger partial charge in [0.1, 0.15) is 11.3 Å². The Morgan fingerprint density at radius 1 is 1.16 bits per heavy atom. The minimum Gasteiger partial charge on any atom is -0.497 e. The Hall–Kier alpha value is -3.13. The molecule has 0 unspecified atom stereocenters. The van der Waals surface area contributed by atoms with Crippen LogP contribution in [0.3, 0.4) is 0 Å². The summed E-state index contributed by atoms with van der Waals surface area (Å²) >= 11 is 0. The molecular weight excluding hydrogens is 430 g/mol. The Bertz CT molecular complexity index is 1340. The molecule has 168 valence electrons. The lowest BCUT2D eigenvalue weighted by atomic mass is 10.1. The van der Waals surface area contributed by atoms with Crippen LogP contribution in [0.5, 0.6) is 5.75 Å². The van der Waals surface area contributed by atoms with E-state index in [4.69, 9.17) is 9.15 Å². The lowest BCUT2D eigenvalue weighted by molar-refractivity contribution is 0.0648. The first-order chi connectivity index (χ1) is 15.2. The highest BCUT2D eigenvalue weighted by molar-refractivity contribution is 7.91. The number of fused-ring (bicyclic) bond motifs is 1. The molecule has 0 aliphatic carbocycles. The number of sulfone groups is 1. The fourth-order valence-corrected chi connectivity index (χ4v) is 5.96. The molecule has 1 aromatic heterocycles. The van der Waals surface area contributed by atoms with Gasteiger partial charge in [-0.05, 0) is 55.2 Å². The SMILES string of the molecule is COc1ccc(CN(C(=O)c2cc(=O)c3c(C)cc(C)cc3o2)[C@@H]2CCS(=O)(=O)C2)cc1. The van der Waals surface area contributed by atoms with Gasteiger partial charge in [0, 0.05) is 18.7 Å². The van der Waals surface area contributed by atoms with E-state index in [9.17, 15) is 18.0 Å². The summed E-state index contributed by atoms with van der Waals surface area (Å²) in [5.41, 5.74) is 2.57. The maximum atomic E-state index is 13.5. The van der Waals surface area contributed by atoms with Crippen molar-refractivity contribution < 1.29 is 22.4 Å². The molecule has 1 aliphatic rings. The number of methoxy groups -OCH3 is 1. The maximum Gasteiger partial charge on any atom is 0.290 e. The Morgan fingerprint density at radius 3 is 2.50 bits per heavy atom. The van der Waals surface area contributed by atoms with Crippen LogP contribution in [-0.2, 0) is 16.4 Å². The van der Waals surface area contributed by atoms with Crippen molar-refractivity contribution in [2.45, 2.75) is 32.9 Å². The third-order valence-corrected chi connectivity index (χ3v) is 7.56. The monoisotopic (exact) mass is 455 g/mol. The zero-order valence-electron chi connectivity index (χ0n) is 18.3. The number of aryl methyl sites for hydroxylation is 2. The van der Waals surface area contributed by atoms with Crippen LogP contribution in [0, 0.1) is 13.8 Å². The fraction of sp³-hybridized carbons (Fsp3) is 0.333. The van der Waals surface area contributed by atoms with Gasteiger partial charge in [0.15, 0.2) is 21.0 Å². The Labute approximate surface area is 186 Å². The summed E-state index contributed by atoms with van der Waals surface area (Å²) < 4.78 is 35.3. The van der Waals surface area contributed by atoms with E-state index in [0.29, 0.717) is 23.1 Å². The van der Waals surface area contributed by atoms with Crippen molar-refractivity contribution in [3.63, 3.8) is 0 Å². The lowest BCUT2D eigenvalue weighted by Crippen LogP contribution is -2.40. The van der Waals surface area contributed by atoms with Crippen LogP contribution in [0.2, 0.25) is 0 Å². The molecule has 32 heavy (non-hydrogen) atoms. The number of hydrogen-bond donors (Lipinski definition) is 0. The zero-order chi connectivity index (χ0) is 23.0. The average molecular weight is 456 g/mol. The third-order valence-electron chi connectivity index (χ3n) is 5.80. The molecule has 2 aromatic carbocycles. The molecule has 7 nitrogen and oxygen atoms in total. The Morgan fingerprint density at radius 2 is 1.88 bits per heavy atom. The minimum atomic E-state index is -3.22. The van der Waals surface area contributed by atoms with E-state index in [0.717, 1.165) is 16.7 Å². The third kappa shape index (κ3) is 4.41. The van der Waals surface area contributed by atoms with Crippen LogP contribution in [-0.4, -0.2) is 43.9 Å². The van der Waals surface area contributed by atoms with Crippen LogP contribution in [0.15, 0.2) is 51.7 Å². The van der Waals surface area contributed by atoms with Gasteiger partial charge < -0.3 is 14.1 Å². The molecule has 1 aliphatic heterocycles. The van der Waals surface area contributed by atoms with Crippen molar-refractivity contribution in [3.8, 4) is 5.75 Å². The fourth-order valence-electron chi connectivity index (χ4n) is 4.23. The molecule has 4 rings (SSSR count). The number of benzene rings is 2. The molecule has 0 N–H and O–H groups in total. The van der Waals surface area contributed by atoms with Gasteiger partial charge in [-0.1, -0.05) is 18.2 Å². The van der Waals surface area contributed by atoms with E-state index in [-0.39, 0.29) is 29.2 Å². The first-order valence-corrected chi connectivity index (χ1v) is 12.2. The van der Waals surface area contributed by atoms with Gasteiger partial charge in [0.05, 0.1) is 24.0 Å². The molecule has 0 saturated carbocycles. The highest BCUT2D eigenvalue weighted by atomic mass is 32.2. The van der Waals surface area contributed by atoms with Gasteiger partial charge in [0.25, 0.3) is 5.91 Å². The molecule has 0 spiro atoms. The van der Waals surface area contributed by atoms with Gasteiger partial charge in [-0.2, -0.15) is 0 Å². The minimum absolute atomic E-state index is 0.0319. The van der Waals surface area contributed by atoms with E-state index in [1.165, 1.54) is 11.0 Å². The van der Waals surface area contributed by atoms with Gasteiger partial charge in [-0.3, -0.25) is 9.59 Å². The average Bonchev–Trinajstić information content (AvgIpc) is 3.10. The molecule has 0 bridgehead atoms. The molecule has 8 heteroatoms. The second-order valence-electron chi connectivity index (χ2n) is 8.27. The number of carbonyl (C=O) groups is 1. The summed E-state index contributed by atoms with van der Waals surface area (Å²) in [6.07, 6.45) is 0.347. The summed E-state index contributed by atoms with van der Waals surface area (Å²) in [6.45, 7) is 3.91. The van der Waals surface area contributed by atoms with Gasteiger partial charge >= 0.3 is 0 Å². The number of carbonyl (C=O) groups excluding carboxylic acids is 1. The van der Waals surface area contributed by atoms with E-state index < -0.39 is 21.8 Å². The maximum absolute atomic E-state index is 13.5. The molecule has 0 radical (unpaired) electrons.